The van der Waals surface area contributed by atoms with E-state index in [9.17, 15) is 0 Å². The number of hydrogen-bond donors (Lipinski definition) is 1. The van der Waals surface area contributed by atoms with Gasteiger partial charge in [0.05, 0.1) is 0 Å². The summed E-state index contributed by atoms with van der Waals surface area (Å²) in [4.78, 5) is 0. The molecular weight excluding hydrogens is 186 g/mol. The normalized spacial score (nSPS) is 26.5. The lowest BCUT2D eigenvalue weighted by Gasteiger charge is -2.37. The summed E-state index contributed by atoms with van der Waals surface area (Å²) >= 11 is 0. The number of halogens is 1. The van der Waals surface area contributed by atoms with Gasteiger partial charge in [0, 0.05) is 18.8 Å². The molecule has 0 aromatic carbocycles. The van der Waals surface area contributed by atoms with Gasteiger partial charge in [-0.25, -0.2) is 0 Å². The second-order valence-corrected chi connectivity index (χ2v) is 4.29. The Hall–Kier alpha value is 0.210. The molecule has 0 aromatic heterocycles. The summed E-state index contributed by atoms with van der Waals surface area (Å²) in [6, 6.07) is 0. The van der Waals surface area contributed by atoms with Crippen molar-refractivity contribution in [2.24, 2.45) is 5.92 Å². The maximum absolute atomic E-state index is 5.39. The standard InChI is InChI=1S/C10H19NO.ClH/c1-11-10(8-9-2-3-9)4-6-12-7-5-10;/h9,11H,2-8H2,1H3;1H. The molecule has 0 aromatic rings. The molecule has 1 saturated carbocycles. The molecule has 1 saturated heterocycles. The molecule has 13 heavy (non-hydrogen) atoms. The molecule has 1 aliphatic carbocycles. The van der Waals surface area contributed by atoms with Crippen LogP contribution in [-0.2, 0) is 4.74 Å². The number of nitrogens with one attached hydrogen (secondary N) is 1. The second kappa shape index (κ2) is 4.63. The Labute approximate surface area is 86.8 Å². The Balaban J connectivity index is 0.000000845. The third-order valence-corrected chi connectivity index (χ3v) is 3.36. The molecule has 2 fully saturated rings. The third kappa shape index (κ3) is 2.83. The van der Waals surface area contributed by atoms with E-state index < -0.39 is 0 Å². The summed E-state index contributed by atoms with van der Waals surface area (Å²) in [5, 5.41) is 3.51. The van der Waals surface area contributed by atoms with E-state index in [1.165, 1.54) is 32.1 Å². The maximum atomic E-state index is 5.39. The molecule has 0 bridgehead atoms. The molecule has 0 unspecified atom stereocenters. The molecule has 0 atom stereocenters. The zero-order valence-electron chi connectivity index (χ0n) is 8.34. The van der Waals surface area contributed by atoms with Crippen LogP contribution in [0.5, 0.6) is 0 Å². The van der Waals surface area contributed by atoms with Crippen LogP contribution < -0.4 is 5.32 Å². The van der Waals surface area contributed by atoms with Crippen molar-refractivity contribution in [2.75, 3.05) is 20.3 Å². The highest BCUT2D eigenvalue weighted by Gasteiger charge is 2.36. The van der Waals surface area contributed by atoms with Gasteiger partial charge in [0.2, 0.25) is 0 Å². The maximum Gasteiger partial charge on any atom is 0.0483 e. The molecule has 2 nitrogen and oxygen atoms in total. The summed E-state index contributed by atoms with van der Waals surface area (Å²) in [5.74, 6) is 1.02. The summed E-state index contributed by atoms with van der Waals surface area (Å²) in [6.45, 7) is 1.90. The van der Waals surface area contributed by atoms with Gasteiger partial charge in [-0.3, -0.25) is 0 Å². The lowest BCUT2D eigenvalue weighted by Crippen LogP contribution is -2.47. The van der Waals surface area contributed by atoms with Crippen molar-refractivity contribution in [3.8, 4) is 0 Å². The van der Waals surface area contributed by atoms with Crippen molar-refractivity contribution < 1.29 is 4.74 Å². The van der Waals surface area contributed by atoms with Crippen LogP contribution in [0.4, 0.5) is 0 Å². The molecule has 2 rings (SSSR count). The molecule has 1 heterocycles. The van der Waals surface area contributed by atoms with Crippen molar-refractivity contribution in [1.29, 1.82) is 0 Å². The lowest BCUT2D eigenvalue weighted by atomic mass is 9.85. The first-order valence-electron chi connectivity index (χ1n) is 5.11. The topological polar surface area (TPSA) is 21.3 Å². The zero-order chi connectivity index (χ0) is 8.44. The monoisotopic (exact) mass is 205 g/mol. The van der Waals surface area contributed by atoms with Crippen molar-refractivity contribution in [3.63, 3.8) is 0 Å². The largest absolute Gasteiger partial charge is 0.381 e. The van der Waals surface area contributed by atoms with E-state index in [-0.39, 0.29) is 12.4 Å². The fourth-order valence-electron chi connectivity index (χ4n) is 2.19. The van der Waals surface area contributed by atoms with Crippen LogP contribution in [0.1, 0.15) is 32.1 Å². The highest BCUT2D eigenvalue weighted by Crippen LogP contribution is 2.39. The number of rotatable bonds is 3. The van der Waals surface area contributed by atoms with Crippen molar-refractivity contribution in [3.05, 3.63) is 0 Å². The van der Waals surface area contributed by atoms with Gasteiger partial charge >= 0.3 is 0 Å². The smallest absolute Gasteiger partial charge is 0.0483 e. The van der Waals surface area contributed by atoms with Crippen molar-refractivity contribution in [1.82, 2.24) is 5.32 Å². The highest BCUT2D eigenvalue weighted by atomic mass is 35.5. The minimum atomic E-state index is 0. The fraction of sp³-hybridized carbons (Fsp3) is 1.00. The Morgan fingerprint density at radius 2 is 1.92 bits per heavy atom. The summed E-state index contributed by atoms with van der Waals surface area (Å²) in [5.41, 5.74) is 0.430. The second-order valence-electron chi connectivity index (χ2n) is 4.29. The van der Waals surface area contributed by atoms with Crippen LogP contribution in [-0.4, -0.2) is 25.8 Å². The van der Waals surface area contributed by atoms with E-state index in [0.717, 1.165) is 19.1 Å². The number of ether oxygens (including phenoxy) is 1. The predicted molar refractivity (Wildman–Crippen MR) is 56.4 cm³/mol. The molecular formula is C10H20ClNO. The first-order chi connectivity index (χ1) is 5.85. The van der Waals surface area contributed by atoms with Crippen LogP contribution in [0, 0.1) is 5.92 Å². The van der Waals surface area contributed by atoms with Gasteiger partial charge in [-0.15, -0.1) is 12.4 Å². The van der Waals surface area contributed by atoms with E-state index in [0.29, 0.717) is 5.54 Å². The van der Waals surface area contributed by atoms with E-state index in [1.807, 2.05) is 0 Å². The molecule has 1 aliphatic heterocycles. The van der Waals surface area contributed by atoms with Crippen molar-refractivity contribution in [2.45, 2.75) is 37.6 Å². The van der Waals surface area contributed by atoms with E-state index in [2.05, 4.69) is 12.4 Å². The average molecular weight is 206 g/mol. The van der Waals surface area contributed by atoms with Crippen molar-refractivity contribution >= 4 is 12.4 Å². The van der Waals surface area contributed by atoms with Gasteiger partial charge in [-0.1, -0.05) is 12.8 Å². The minimum absolute atomic E-state index is 0. The van der Waals surface area contributed by atoms with Crippen LogP contribution in [0.15, 0.2) is 0 Å². The van der Waals surface area contributed by atoms with Gasteiger partial charge in [-0.05, 0) is 32.2 Å². The minimum Gasteiger partial charge on any atom is -0.381 e. The van der Waals surface area contributed by atoms with E-state index in [4.69, 9.17) is 4.74 Å². The Morgan fingerprint density at radius 3 is 2.38 bits per heavy atom. The van der Waals surface area contributed by atoms with E-state index in [1.54, 1.807) is 0 Å². The molecule has 0 radical (unpaired) electrons. The SMILES string of the molecule is CNC1(CC2CC2)CCOCC1.Cl. The first-order valence-corrected chi connectivity index (χ1v) is 5.11. The van der Waals surface area contributed by atoms with Crippen LogP contribution in [0.3, 0.4) is 0 Å². The Kier molecular flexibility index (Phi) is 4.02. The molecule has 0 amide bonds. The highest BCUT2D eigenvalue weighted by molar-refractivity contribution is 5.85. The zero-order valence-corrected chi connectivity index (χ0v) is 9.16. The molecule has 3 heteroatoms. The number of hydrogen-bond acceptors (Lipinski definition) is 2. The van der Waals surface area contributed by atoms with Crippen LogP contribution in [0.25, 0.3) is 0 Å². The summed E-state index contributed by atoms with van der Waals surface area (Å²) in [7, 11) is 2.10. The average Bonchev–Trinajstić information content (AvgIpc) is 2.90. The Bertz CT molecular complexity index is 153. The van der Waals surface area contributed by atoms with Gasteiger partial charge in [0.25, 0.3) is 0 Å². The Morgan fingerprint density at radius 1 is 1.31 bits per heavy atom. The van der Waals surface area contributed by atoms with E-state index >= 15 is 0 Å². The van der Waals surface area contributed by atoms with Gasteiger partial charge in [0.1, 0.15) is 0 Å². The van der Waals surface area contributed by atoms with Crippen LogP contribution >= 0.6 is 12.4 Å². The fourth-order valence-corrected chi connectivity index (χ4v) is 2.19. The lowest BCUT2D eigenvalue weighted by molar-refractivity contribution is 0.0355. The first kappa shape index (κ1) is 11.3. The molecule has 78 valence electrons. The van der Waals surface area contributed by atoms with Gasteiger partial charge in [-0.2, -0.15) is 0 Å². The molecule has 1 N–H and O–H groups in total. The summed E-state index contributed by atoms with van der Waals surface area (Å²) < 4.78 is 5.39. The van der Waals surface area contributed by atoms with Gasteiger partial charge < -0.3 is 10.1 Å². The molecule has 2 aliphatic rings. The predicted octanol–water partition coefficient (Wildman–Crippen LogP) is 1.98. The quantitative estimate of drug-likeness (QED) is 0.761. The third-order valence-electron chi connectivity index (χ3n) is 3.36. The summed E-state index contributed by atoms with van der Waals surface area (Å²) in [6.07, 6.45) is 6.72. The molecule has 0 spiro atoms. The van der Waals surface area contributed by atoms with Crippen LogP contribution in [0.2, 0.25) is 0 Å². The van der Waals surface area contributed by atoms with Gasteiger partial charge in [0.15, 0.2) is 0 Å².